The topological polar surface area (TPSA) is 120 Å². The summed E-state index contributed by atoms with van der Waals surface area (Å²) in [4.78, 5) is 19.2. The zero-order valence-electron chi connectivity index (χ0n) is 10.0. The van der Waals surface area contributed by atoms with Gasteiger partial charge in [-0.15, -0.1) is 11.3 Å². The fourth-order valence-corrected chi connectivity index (χ4v) is 2.29. The molecule has 7 heteroatoms. The molecule has 0 atom stereocenters. The Bertz CT molecular complexity index is 631. The second-order valence-electron chi connectivity index (χ2n) is 3.90. The molecule has 0 bridgehead atoms. The summed E-state index contributed by atoms with van der Waals surface area (Å²) in [7, 11) is 0. The first-order chi connectivity index (χ1) is 9.04. The van der Waals surface area contributed by atoms with Crippen LogP contribution in [0, 0.1) is 0 Å². The molecule has 0 saturated carbocycles. The van der Waals surface area contributed by atoms with Crippen molar-refractivity contribution in [1.82, 2.24) is 4.98 Å². The van der Waals surface area contributed by atoms with E-state index < -0.39 is 5.91 Å². The highest BCUT2D eigenvalue weighted by Gasteiger charge is 2.05. The number of hydrogen-bond acceptors (Lipinski definition) is 4. The van der Waals surface area contributed by atoms with E-state index in [1.807, 2.05) is 11.4 Å². The number of carbonyl (C=O) groups is 1. The average molecular weight is 275 g/mol. The van der Waals surface area contributed by atoms with Crippen molar-refractivity contribution in [1.29, 1.82) is 0 Å². The Morgan fingerprint density at radius 3 is 2.79 bits per heavy atom. The fraction of sp³-hybridized carbons (Fsp3) is 0.0833. The molecule has 2 rings (SSSR count). The Balaban J connectivity index is 2.17. The maximum Gasteiger partial charge on any atom is 0.248 e. The fourth-order valence-electron chi connectivity index (χ4n) is 1.58. The second-order valence-corrected chi connectivity index (χ2v) is 4.74. The SMILES string of the molecule is NC(=O)c1cccc(Cc2csc(N=C(N)N)n2)c1. The van der Waals surface area contributed by atoms with Crippen molar-refractivity contribution in [3.63, 3.8) is 0 Å². The van der Waals surface area contributed by atoms with Crippen LogP contribution in [0.3, 0.4) is 0 Å². The van der Waals surface area contributed by atoms with Gasteiger partial charge in [-0.2, -0.15) is 4.99 Å². The van der Waals surface area contributed by atoms with E-state index in [1.54, 1.807) is 18.2 Å². The lowest BCUT2D eigenvalue weighted by atomic mass is 10.1. The van der Waals surface area contributed by atoms with Gasteiger partial charge in [-0.1, -0.05) is 12.1 Å². The smallest absolute Gasteiger partial charge is 0.248 e. The van der Waals surface area contributed by atoms with E-state index in [4.69, 9.17) is 17.2 Å². The summed E-state index contributed by atoms with van der Waals surface area (Å²) in [5.74, 6) is -0.460. The summed E-state index contributed by atoms with van der Waals surface area (Å²) in [5, 5.41) is 2.39. The Kier molecular flexibility index (Phi) is 3.76. The number of aromatic nitrogens is 1. The minimum Gasteiger partial charge on any atom is -0.370 e. The van der Waals surface area contributed by atoms with Gasteiger partial charge < -0.3 is 17.2 Å². The Morgan fingerprint density at radius 1 is 1.32 bits per heavy atom. The molecule has 0 unspecified atom stereocenters. The van der Waals surface area contributed by atoms with E-state index in [1.165, 1.54) is 11.3 Å². The molecule has 19 heavy (non-hydrogen) atoms. The van der Waals surface area contributed by atoms with Gasteiger partial charge in [0.1, 0.15) is 0 Å². The van der Waals surface area contributed by atoms with Crippen LogP contribution < -0.4 is 17.2 Å². The quantitative estimate of drug-likeness (QED) is 0.562. The van der Waals surface area contributed by atoms with Crippen LogP contribution in [0.25, 0.3) is 0 Å². The second kappa shape index (κ2) is 5.49. The molecule has 0 saturated heterocycles. The standard InChI is InChI=1S/C12H13N5OS/c13-10(18)8-3-1-2-7(4-8)5-9-6-19-12(16-9)17-11(14)15/h1-4,6H,5H2,(H2,13,18)(H4,14,15,16,17). The number of nitrogens with two attached hydrogens (primary N) is 3. The van der Waals surface area contributed by atoms with Crippen molar-refractivity contribution in [3.8, 4) is 0 Å². The highest BCUT2D eigenvalue weighted by atomic mass is 32.1. The zero-order valence-corrected chi connectivity index (χ0v) is 10.9. The van der Waals surface area contributed by atoms with Gasteiger partial charge >= 0.3 is 0 Å². The number of primary amides is 1. The number of amides is 1. The van der Waals surface area contributed by atoms with Gasteiger partial charge in [0.2, 0.25) is 11.0 Å². The van der Waals surface area contributed by atoms with Gasteiger partial charge in [-0.05, 0) is 17.7 Å². The van der Waals surface area contributed by atoms with E-state index in [2.05, 4.69) is 9.98 Å². The molecular weight excluding hydrogens is 262 g/mol. The van der Waals surface area contributed by atoms with Gasteiger partial charge in [0.15, 0.2) is 5.96 Å². The van der Waals surface area contributed by atoms with E-state index in [9.17, 15) is 4.79 Å². The van der Waals surface area contributed by atoms with Crippen LogP contribution in [0.15, 0.2) is 34.6 Å². The average Bonchev–Trinajstić information content (AvgIpc) is 2.76. The van der Waals surface area contributed by atoms with Crippen LogP contribution >= 0.6 is 11.3 Å². The molecule has 1 heterocycles. The third-order valence-electron chi connectivity index (χ3n) is 2.36. The maximum absolute atomic E-state index is 11.1. The Hall–Kier alpha value is -2.41. The molecular formula is C12H13N5OS. The summed E-state index contributed by atoms with van der Waals surface area (Å²) < 4.78 is 0. The number of aliphatic imine (C=N–C) groups is 1. The third-order valence-corrected chi connectivity index (χ3v) is 3.14. The predicted molar refractivity (Wildman–Crippen MR) is 75.3 cm³/mol. The number of benzene rings is 1. The first kappa shape index (κ1) is 13.0. The van der Waals surface area contributed by atoms with Crippen molar-refractivity contribution >= 4 is 28.3 Å². The maximum atomic E-state index is 11.1. The van der Waals surface area contributed by atoms with Crippen molar-refractivity contribution in [2.75, 3.05) is 0 Å². The lowest BCUT2D eigenvalue weighted by Crippen LogP contribution is -2.21. The van der Waals surface area contributed by atoms with Crippen molar-refractivity contribution in [3.05, 3.63) is 46.5 Å². The van der Waals surface area contributed by atoms with Gasteiger partial charge in [0, 0.05) is 17.4 Å². The molecule has 0 radical (unpaired) electrons. The molecule has 2 aromatic rings. The highest BCUT2D eigenvalue weighted by Crippen LogP contribution is 2.20. The number of guanidine groups is 1. The van der Waals surface area contributed by atoms with Crippen molar-refractivity contribution in [2.45, 2.75) is 6.42 Å². The van der Waals surface area contributed by atoms with Crippen LogP contribution in [-0.2, 0) is 6.42 Å². The molecule has 0 aliphatic rings. The lowest BCUT2D eigenvalue weighted by molar-refractivity contribution is 0.1000. The molecule has 6 N–H and O–H groups in total. The number of thiazole rings is 1. The summed E-state index contributed by atoms with van der Waals surface area (Å²) in [5.41, 5.74) is 18.1. The number of carbonyl (C=O) groups excluding carboxylic acids is 1. The van der Waals surface area contributed by atoms with Gasteiger partial charge in [0.25, 0.3) is 0 Å². The molecule has 6 nitrogen and oxygen atoms in total. The van der Waals surface area contributed by atoms with E-state index in [-0.39, 0.29) is 5.96 Å². The third kappa shape index (κ3) is 3.52. The van der Waals surface area contributed by atoms with E-state index in [0.717, 1.165) is 11.3 Å². The normalized spacial score (nSPS) is 10.1. The largest absolute Gasteiger partial charge is 0.370 e. The van der Waals surface area contributed by atoms with Gasteiger partial charge in [0.05, 0.1) is 5.69 Å². The Morgan fingerprint density at radius 2 is 2.11 bits per heavy atom. The summed E-state index contributed by atoms with van der Waals surface area (Å²) in [6.07, 6.45) is 0.595. The molecule has 0 aliphatic carbocycles. The molecule has 1 amide bonds. The van der Waals surface area contributed by atoms with Crippen LogP contribution in [0.1, 0.15) is 21.6 Å². The minimum atomic E-state index is -0.443. The van der Waals surface area contributed by atoms with Crippen molar-refractivity contribution < 1.29 is 4.79 Å². The zero-order chi connectivity index (χ0) is 13.8. The minimum absolute atomic E-state index is 0.0170. The van der Waals surface area contributed by atoms with Crippen LogP contribution in [-0.4, -0.2) is 16.9 Å². The number of hydrogen-bond donors (Lipinski definition) is 3. The van der Waals surface area contributed by atoms with Crippen LogP contribution in [0.5, 0.6) is 0 Å². The van der Waals surface area contributed by atoms with E-state index in [0.29, 0.717) is 17.1 Å². The summed E-state index contributed by atoms with van der Waals surface area (Å²) in [6.45, 7) is 0. The molecule has 0 aliphatic heterocycles. The first-order valence-corrected chi connectivity index (χ1v) is 6.35. The number of nitrogens with zero attached hydrogens (tertiary/aromatic N) is 2. The number of rotatable bonds is 4. The molecule has 0 fully saturated rings. The van der Waals surface area contributed by atoms with Crippen LogP contribution in [0.2, 0.25) is 0 Å². The summed E-state index contributed by atoms with van der Waals surface area (Å²) in [6, 6.07) is 7.13. The Labute approximate surface area is 114 Å². The molecule has 0 spiro atoms. The molecule has 1 aromatic heterocycles. The predicted octanol–water partition coefficient (Wildman–Crippen LogP) is 0.738. The molecule has 1 aromatic carbocycles. The van der Waals surface area contributed by atoms with Crippen LogP contribution in [0.4, 0.5) is 5.13 Å². The first-order valence-electron chi connectivity index (χ1n) is 5.47. The van der Waals surface area contributed by atoms with Gasteiger partial charge in [-0.3, -0.25) is 4.79 Å². The molecule has 98 valence electrons. The van der Waals surface area contributed by atoms with Gasteiger partial charge in [-0.25, -0.2) is 4.98 Å². The van der Waals surface area contributed by atoms with Crippen molar-refractivity contribution in [2.24, 2.45) is 22.2 Å². The monoisotopic (exact) mass is 275 g/mol. The lowest BCUT2D eigenvalue weighted by Gasteiger charge is -2.00. The highest BCUT2D eigenvalue weighted by molar-refractivity contribution is 7.13. The summed E-state index contributed by atoms with van der Waals surface area (Å²) >= 11 is 1.36. The van der Waals surface area contributed by atoms with E-state index >= 15 is 0 Å².